The molecule has 0 saturated carbocycles. The van der Waals surface area contributed by atoms with Gasteiger partial charge in [0.2, 0.25) is 29.5 Å². The summed E-state index contributed by atoms with van der Waals surface area (Å²) in [5, 5.41) is 9.06. The second-order valence-electron chi connectivity index (χ2n) is 26.7. The van der Waals surface area contributed by atoms with Gasteiger partial charge in [-0.2, -0.15) is 0 Å². The van der Waals surface area contributed by atoms with E-state index in [0.29, 0.717) is 11.4 Å². The molecule has 0 unspecified atom stereocenters. The summed E-state index contributed by atoms with van der Waals surface area (Å²) in [5.41, 5.74) is 0.0421. The Morgan fingerprint density at radius 1 is 0.570 bits per heavy atom. The van der Waals surface area contributed by atoms with Crippen molar-refractivity contribution in [1.29, 1.82) is 0 Å². The minimum atomic E-state index is -1.09. The van der Waals surface area contributed by atoms with Gasteiger partial charge in [0.15, 0.2) is 5.78 Å². The number of Topliss-reactive ketones (excluding diaryl/α,β-unsaturated/α-hetero) is 1. The van der Waals surface area contributed by atoms with Crippen molar-refractivity contribution in [1.82, 2.24) is 45.5 Å². The Morgan fingerprint density at radius 2 is 0.965 bits per heavy atom. The first-order valence-electron chi connectivity index (χ1n) is 29.2. The number of likely N-dealkylation sites (N-methyl/N-ethyl adjacent to an activating group) is 2. The number of carbonyl (C=O) groups is 8. The average Bonchev–Trinajstić information content (AvgIpc) is 2.21. The molecule has 21 nitrogen and oxygen atoms in total. The third-order valence-corrected chi connectivity index (χ3v) is 15.5. The number of rotatable bonds is 17. The van der Waals surface area contributed by atoms with Gasteiger partial charge in [0.05, 0.1) is 6.04 Å². The van der Waals surface area contributed by atoms with Crippen LogP contribution in [0.1, 0.15) is 161 Å². The first-order valence-corrected chi connectivity index (χ1v) is 29.2. The number of nitrogens with one attached hydrogen (secondary N) is 3. The van der Waals surface area contributed by atoms with Gasteiger partial charge in [0.25, 0.3) is 11.8 Å². The first kappa shape index (κ1) is 65.2. The molecule has 462 valence electrons. The lowest BCUT2D eigenvalue weighted by Gasteiger charge is -2.36. The topological polar surface area (TPSA) is 256 Å². The number of hydrogen-bond donors (Lipinski definition) is 3. The standard InChI is InChI=1S/C65H85N9O12/c1-38(71(15)60(81)85-64(9,10)11)51(75)33-46(62(3,4)5)58(79)73-34-44(31-49(73)56-68-47(36-83-56)40-23-19-17-20-24-40)66-54(77)42-27-29-43(30-28-42)55(78)67-45-32-50(57-69-48(37-84-57)41-25-21-18-22-26-41)74(35-45)59(80)52(63(6,7)8)70-53(76)39(2)72(16)61(82)86-65(12,13)14/h17-30,36-39,44-46,49-50,52H,31-35H2,1-16H3,(H,66,77)(H,67,78)(H,70,76)/t38-,39-,44-,45-,46+,49-,50-,52+/m0/s1. The Bertz CT molecular complexity index is 3030. The predicted octanol–water partition coefficient (Wildman–Crippen LogP) is 9.80. The van der Waals surface area contributed by atoms with E-state index < -0.39 is 106 Å². The van der Waals surface area contributed by atoms with Crippen LogP contribution in [-0.4, -0.2) is 146 Å². The number of ketones is 1. The van der Waals surface area contributed by atoms with Gasteiger partial charge in [-0.1, -0.05) is 102 Å². The van der Waals surface area contributed by atoms with E-state index in [1.54, 1.807) is 65.2 Å². The first-order chi connectivity index (χ1) is 40.1. The molecule has 2 aliphatic heterocycles. The summed E-state index contributed by atoms with van der Waals surface area (Å²) in [4.78, 5) is 127. The number of amides is 7. The lowest BCUT2D eigenvalue weighted by Crippen LogP contribution is -2.58. The van der Waals surface area contributed by atoms with E-state index >= 15 is 4.79 Å². The number of oxazole rings is 2. The third kappa shape index (κ3) is 16.1. The molecule has 7 amide bonds. The van der Waals surface area contributed by atoms with E-state index in [1.165, 1.54) is 60.7 Å². The van der Waals surface area contributed by atoms with Crippen LogP contribution in [0.2, 0.25) is 0 Å². The molecular formula is C65H85N9O12. The molecule has 3 aromatic carbocycles. The maximum atomic E-state index is 15.0. The number of benzene rings is 3. The average molecular weight is 1180 g/mol. The summed E-state index contributed by atoms with van der Waals surface area (Å²) in [6, 6.07) is 19.2. The fraction of sp³-hybridized carbons (Fsp3) is 0.508. The zero-order chi connectivity index (χ0) is 63.4. The number of carbonyl (C=O) groups excluding carboxylic acids is 8. The molecule has 8 atom stereocenters. The third-order valence-electron chi connectivity index (χ3n) is 15.5. The number of hydrogen-bond acceptors (Lipinski definition) is 14. The van der Waals surface area contributed by atoms with E-state index in [4.69, 9.17) is 28.3 Å². The second kappa shape index (κ2) is 26.1. The highest BCUT2D eigenvalue weighted by molar-refractivity contribution is 5.98. The molecule has 86 heavy (non-hydrogen) atoms. The number of ether oxygens (including phenoxy) is 2. The summed E-state index contributed by atoms with van der Waals surface area (Å²) < 4.78 is 23.2. The van der Waals surface area contributed by atoms with Gasteiger partial charge in [-0.25, -0.2) is 19.6 Å². The van der Waals surface area contributed by atoms with Crippen molar-refractivity contribution in [2.24, 2.45) is 16.7 Å². The molecule has 0 aliphatic carbocycles. The summed E-state index contributed by atoms with van der Waals surface area (Å²) in [7, 11) is 2.94. The Hall–Kier alpha value is -8.36. The Balaban J connectivity index is 1.07. The SMILES string of the molecule is C[C@@H](C(=O)C[C@H](C(=O)N1C[C@@H](NC(=O)c2ccc(C(=O)N[C@H]3C[C@@H](c4nc(-c5ccccc5)co4)N(C(=O)[C@@H](NC(=O)[C@H](C)N(C)C(=O)OC(C)(C)C)C(C)(C)C)C3)cc2)C[C@H]1c1nc(-c2ccccc2)co1)C(C)(C)C)N(C)C(=O)OC(C)(C)C. The van der Waals surface area contributed by atoms with Crippen LogP contribution in [0.4, 0.5) is 9.59 Å². The maximum absolute atomic E-state index is 15.0. The lowest BCUT2D eigenvalue weighted by atomic mass is 9.76. The van der Waals surface area contributed by atoms with Crippen LogP contribution in [0.15, 0.2) is 106 Å². The van der Waals surface area contributed by atoms with E-state index in [9.17, 15) is 33.6 Å². The summed E-state index contributed by atoms with van der Waals surface area (Å²) in [6.07, 6.45) is 1.92. The van der Waals surface area contributed by atoms with Crippen LogP contribution in [0.25, 0.3) is 22.5 Å². The fourth-order valence-electron chi connectivity index (χ4n) is 10.3. The van der Waals surface area contributed by atoms with Gasteiger partial charge in [-0.3, -0.25) is 33.7 Å². The molecule has 2 fully saturated rings. The Kier molecular flexibility index (Phi) is 19.8. The van der Waals surface area contributed by atoms with Gasteiger partial charge >= 0.3 is 12.2 Å². The van der Waals surface area contributed by atoms with Gasteiger partial charge < -0.3 is 49.0 Å². The normalized spacial score (nSPS) is 18.7. The zero-order valence-corrected chi connectivity index (χ0v) is 52.5. The molecule has 2 aliphatic rings. The minimum Gasteiger partial charge on any atom is -0.446 e. The quantitative estimate of drug-likeness (QED) is 0.0783. The van der Waals surface area contributed by atoms with Crippen LogP contribution >= 0.6 is 0 Å². The molecule has 4 heterocycles. The number of aromatic nitrogens is 2. The van der Waals surface area contributed by atoms with E-state index in [2.05, 4.69) is 16.0 Å². The molecule has 0 radical (unpaired) electrons. The minimum absolute atomic E-state index is 0.0228. The Morgan fingerprint density at radius 3 is 1.35 bits per heavy atom. The lowest BCUT2D eigenvalue weighted by molar-refractivity contribution is -0.144. The molecular weight excluding hydrogens is 1100 g/mol. The number of nitrogens with zero attached hydrogens (tertiary/aromatic N) is 6. The van der Waals surface area contributed by atoms with Crippen molar-refractivity contribution in [3.05, 3.63) is 120 Å². The van der Waals surface area contributed by atoms with Crippen molar-refractivity contribution in [2.75, 3.05) is 27.2 Å². The largest absolute Gasteiger partial charge is 0.446 e. The Labute approximate surface area is 504 Å². The van der Waals surface area contributed by atoms with E-state index in [0.717, 1.165) is 11.1 Å². The molecule has 0 bridgehead atoms. The molecule has 0 spiro atoms. The fourth-order valence-corrected chi connectivity index (χ4v) is 10.3. The van der Waals surface area contributed by atoms with E-state index in [-0.39, 0.29) is 67.0 Å². The van der Waals surface area contributed by atoms with Crippen LogP contribution in [0.5, 0.6) is 0 Å². The number of likely N-dealkylation sites (tertiary alicyclic amines) is 2. The van der Waals surface area contributed by atoms with Gasteiger partial charge in [0, 0.05) is 73.9 Å². The highest BCUT2D eigenvalue weighted by Gasteiger charge is 2.48. The molecule has 3 N–H and O–H groups in total. The van der Waals surface area contributed by atoms with Crippen molar-refractivity contribution < 1.29 is 56.7 Å². The van der Waals surface area contributed by atoms with Gasteiger partial charge in [-0.15, -0.1) is 0 Å². The van der Waals surface area contributed by atoms with E-state index in [1.807, 2.05) is 102 Å². The van der Waals surface area contributed by atoms with Crippen LogP contribution in [0, 0.1) is 16.7 Å². The van der Waals surface area contributed by atoms with Crippen molar-refractivity contribution in [3.8, 4) is 22.5 Å². The van der Waals surface area contributed by atoms with Crippen molar-refractivity contribution in [3.63, 3.8) is 0 Å². The van der Waals surface area contributed by atoms with Crippen LogP contribution in [0.3, 0.4) is 0 Å². The smallest absolute Gasteiger partial charge is 0.410 e. The second-order valence-corrected chi connectivity index (χ2v) is 26.7. The summed E-state index contributed by atoms with van der Waals surface area (Å²) >= 11 is 0. The predicted molar refractivity (Wildman–Crippen MR) is 322 cm³/mol. The molecule has 2 aromatic heterocycles. The van der Waals surface area contributed by atoms with Gasteiger partial charge in [0.1, 0.15) is 59.3 Å². The van der Waals surface area contributed by atoms with Gasteiger partial charge in [-0.05, 0) is 103 Å². The summed E-state index contributed by atoms with van der Waals surface area (Å²) in [5.74, 6) is -2.99. The highest BCUT2D eigenvalue weighted by Crippen LogP contribution is 2.40. The van der Waals surface area contributed by atoms with Crippen LogP contribution < -0.4 is 16.0 Å². The molecule has 7 rings (SSSR count). The van der Waals surface area contributed by atoms with Crippen LogP contribution in [-0.2, 0) is 28.7 Å². The zero-order valence-electron chi connectivity index (χ0n) is 52.5. The highest BCUT2D eigenvalue weighted by atomic mass is 16.6. The molecule has 5 aromatic rings. The summed E-state index contributed by atoms with van der Waals surface area (Å²) in [6.45, 7) is 24.7. The molecule has 21 heteroatoms. The van der Waals surface area contributed by atoms with Crippen molar-refractivity contribution >= 4 is 47.5 Å². The van der Waals surface area contributed by atoms with Crippen molar-refractivity contribution in [2.45, 2.75) is 170 Å². The monoisotopic (exact) mass is 1180 g/mol. The maximum Gasteiger partial charge on any atom is 0.410 e. The molecule has 2 saturated heterocycles.